The average molecular weight is 585 g/mol. The molecule has 0 saturated heterocycles. The Hall–Kier alpha value is -4.54. The first-order chi connectivity index (χ1) is 19.2. The van der Waals surface area contributed by atoms with E-state index in [-0.39, 0.29) is 23.1 Å². The van der Waals surface area contributed by atoms with E-state index in [0.717, 1.165) is 5.56 Å². The number of nitrogens with zero attached hydrogens (tertiary/aromatic N) is 1. The molecule has 40 heavy (non-hydrogen) atoms. The van der Waals surface area contributed by atoms with Crippen LogP contribution in [0.25, 0.3) is 0 Å². The maximum absolute atomic E-state index is 12.3. The Kier molecular flexibility index (Phi) is 10.9. The molecule has 3 aromatic rings. The number of hydrogen-bond acceptors (Lipinski definition) is 7. The number of nitrogens with one attached hydrogen (secondary N) is 3. The van der Waals surface area contributed by atoms with Crippen LogP contribution >= 0.6 is 23.2 Å². The van der Waals surface area contributed by atoms with Gasteiger partial charge < -0.3 is 24.8 Å². The fraction of sp³-hybridized carbons (Fsp3) is 0.143. The topological polar surface area (TPSA) is 127 Å². The number of benzene rings is 3. The summed E-state index contributed by atoms with van der Waals surface area (Å²) in [7, 11) is 1.40. The second-order valence-electron chi connectivity index (χ2n) is 8.11. The Labute approximate surface area is 240 Å². The van der Waals surface area contributed by atoms with Gasteiger partial charge in [0.15, 0.2) is 18.1 Å². The van der Waals surface area contributed by atoms with Crippen molar-refractivity contribution < 1.29 is 28.6 Å². The van der Waals surface area contributed by atoms with Crippen LogP contribution in [0.4, 0.5) is 11.4 Å². The summed E-state index contributed by atoms with van der Waals surface area (Å²) in [6.45, 7) is 5.43. The SMILES string of the molecule is C=CCOc1ccc(NC(=O)C(=O)N/N=C\c2cc(Cl)c(OCC(=O)Nc3ccc(C)c(Cl)c3)c(OC)c2)cc1. The van der Waals surface area contributed by atoms with Crippen molar-refractivity contribution in [3.63, 3.8) is 0 Å². The first-order valence-electron chi connectivity index (χ1n) is 11.7. The first-order valence-corrected chi connectivity index (χ1v) is 12.5. The smallest absolute Gasteiger partial charge is 0.329 e. The number of amides is 3. The molecule has 3 aromatic carbocycles. The zero-order chi connectivity index (χ0) is 29.1. The number of methoxy groups -OCH3 is 1. The molecular weight excluding hydrogens is 559 g/mol. The Morgan fingerprint density at radius 2 is 1.65 bits per heavy atom. The predicted molar refractivity (Wildman–Crippen MR) is 155 cm³/mol. The van der Waals surface area contributed by atoms with E-state index in [9.17, 15) is 14.4 Å². The van der Waals surface area contributed by atoms with E-state index in [2.05, 4.69) is 27.7 Å². The van der Waals surface area contributed by atoms with E-state index in [1.54, 1.807) is 48.5 Å². The third-order valence-corrected chi connectivity index (χ3v) is 5.81. The van der Waals surface area contributed by atoms with Gasteiger partial charge in [0, 0.05) is 16.4 Å². The molecule has 3 N–H and O–H groups in total. The van der Waals surface area contributed by atoms with Gasteiger partial charge >= 0.3 is 11.8 Å². The molecule has 0 spiro atoms. The van der Waals surface area contributed by atoms with Gasteiger partial charge in [0.25, 0.3) is 5.91 Å². The van der Waals surface area contributed by atoms with Crippen LogP contribution in [-0.2, 0) is 14.4 Å². The standard InChI is InChI=1S/C28H26Cl2N4O6/c1-4-11-39-21-9-7-19(8-10-21)33-27(36)28(37)34-31-15-18-12-23(30)26(24(13-18)38-3)40-16-25(35)32-20-6-5-17(2)22(29)14-20/h4-10,12-15H,1,11,16H2,2-3H3,(H,32,35)(H,33,36)(H,34,37)/b31-15-. The molecule has 3 amide bonds. The van der Waals surface area contributed by atoms with Gasteiger partial charge in [-0.3, -0.25) is 14.4 Å². The summed E-state index contributed by atoms with van der Waals surface area (Å²) in [5, 5.41) is 9.59. The summed E-state index contributed by atoms with van der Waals surface area (Å²) in [5.74, 6) is -1.37. The van der Waals surface area contributed by atoms with Crippen LogP contribution in [0.3, 0.4) is 0 Å². The lowest BCUT2D eigenvalue weighted by Gasteiger charge is -2.13. The lowest BCUT2D eigenvalue weighted by atomic mass is 10.2. The average Bonchev–Trinajstić information content (AvgIpc) is 2.93. The summed E-state index contributed by atoms with van der Waals surface area (Å²) in [6, 6.07) is 14.6. The Morgan fingerprint density at radius 3 is 2.33 bits per heavy atom. The van der Waals surface area contributed by atoms with Crippen molar-refractivity contribution in [1.82, 2.24) is 5.43 Å². The molecule has 0 radical (unpaired) electrons. The molecule has 10 nitrogen and oxygen atoms in total. The summed E-state index contributed by atoms with van der Waals surface area (Å²) in [4.78, 5) is 36.6. The van der Waals surface area contributed by atoms with Crippen LogP contribution in [0.1, 0.15) is 11.1 Å². The lowest BCUT2D eigenvalue weighted by Crippen LogP contribution is -2.32. The molecule has 12 heteroatoms. The highest BCUT2D eigenvalue weighted by Gasteiger charge is 2.15. The number of hydrogen-bond donors (Lipinski definition) is 3. The van der Waals surface area contributed by atoms with Crippen molar-refractivity contribution in [2.45, 2.75) is 6.92 Å². The molecule has 0 unspecified atom stereocenters. The minimum Gasteiger partial charge on any atom is -0.493 e. The van der Waals surface area contributed by atoms with Crippen LogP contribution in [0.5, 0.6) is 17.2 Å². The molecule has 0 fully saturated rings. The normalized spacial score (nSPS) is 10.5. The van der Waals surface area contributed by atoms with Gasteiger partial charge in [0.1, 0.15) is 12.4 Å². The molecule has 0 aromatic heterocycles. The maximum atomic E-state index is 12.3. The van der Waals surface area contributed by atoms with Gasteiger partial charge in [0.05, 0.1) is 18.3 Å². The van der Waals surface area contributed by atoms with E-state index in [4.69, 9.17) is 37.4 Å². The molecule has 208 valence electrons. The summed E-state index contributed by atoms with van der Waals surface area (Å²) in [6.07, 6.45) is 2.88. The van der Waals surface area contributed by atoms with Crippen molar-refractivity contribution in [2.24, 2.45) is 5.10 Å². The predicted octanol–water partition coefficient (Wildman–Crippen LogP) is 4.98. The van der Waals surface area contributed by atoms with Gasteiger partial charge in [-0.05, 0) is 66.6 Å². The van der Waals surface area contributed by atoms with E-state index < -0.39 is 17.7 Å². The van der Waals surface area contributed by atoms with Crippen molar-refractivity contribution in [2.75, 3.05) is 31.0 Å². The van der Waals surface area contributed by atoms with Crippen LogP contribution < -0.4 is 30.3 Å². The minimum absolute atomic E-state index is 0.136. The van der Waals surface area contributed by atoms with Crippen LogP contribution in [0.2, 0.25) is 10.0 Å². The van der Waals surface area contributed by atoms with Crippen LogP contribution in [0.15, 0.2) is 72.4 Å². The second kappa shape index (κ2) is 14.6. The molecule has 0 bridgehead atoms. The largest absolute Gasteiger partial charge is 0.493 e. The van der Waals surface area contributed by atoms with Crippen molar-refractivity contribution >= 4 is 58.5 Å². The Bertz CT molecular complexity index is 1430. The zero-order valence-corrected chi connectivity index (χ0v) is 23.1. The molecule has 0 aliphatic rings. The summed E-state index contributed by atoms with van der Waals surface area (Å²) >= 11 is 12.4. The number of carbonyl (C=O) groups is 3. The minimum atomic E-state index is -0.984. The van der Waals surface area contributed by atoms with Crippen molar-refractivity contribution in [3.8, 4) is 17.2 Å². The number of hydrazone groups is 1. The van der Waals surface area contributed by atoms with Crippen molar-refractivity contribution in [3.05, 3.63) is 88.4 Å². The summed E-state index contributed by atoms with van der Waals surface area (Å²) < 4.78 is 16.3. The molecule has 0 aliphatic heterocycles. The molecule has 0 saturated carbocycles. The fourth-order valence-corrected chi connectivity index (χ4v) is 3.61. The van der Waals surface area contributed by atoms with Gasteiger partial charge in [0.2, 0.25) is 0 Å². The van der Waals surface area contributed by atoms with E-state index in [0.29, 0.717) is 34.3 Å². The number of anilines is 2. The lowest BCUT2D eigenvalue weighted by molar-refractivity contribution is -0.136. The number of ether oxygens (including phenoxy) is 3. The third-order valence-electron chi connectivity index (χ3n) is 5.12. The van der Waals surface area contributed by atoms with E-state index in [1.807, 2.05) is 6.92 Å². The fourth-order valence-electron chi connectivity index (χ4n) is 3.15. The molecule has 0 atom stereocenters. The quantitative estimate of drug-likeness (QED) is 0.126. The number of halogens is 2. The molecular formula is C28H26Cl2N4O6. The first kappa shape index (κ1) is 30.0. The third kappa shape index (κ3) is 8.75. The van der Waals surface area contributed by atoms with Gasteiger partial charge in [-0.1, -0.05) is 41.9 Å². The maximum Gasteiger partial charge on any atom is 0.329 e. The van der Waals surface area contributed by atoms with E-state index >= 15 is 0 Å². The van der Waals surface area contributed by atoms with E-state index in [1.165, 1.54) is 25.5 Å². The molecule has 0 aliphatic carbocycles. The Balaban J connectivity index is 1.55. The van der Waals surface area contributed by atoms with Gasteiger partial charge in [-0.15, -0.1) is 0 Å². The van der Waals surface area contributed by atoms with Gasteiger partial charge in [-0.2, -0.15) is 5.10 Å². The molecule has 3 rings (SSSR count). The zero-order valence-electron chi connectivity index (χ0n) is 21.6. The Morgan fingerprint density at radius 1 is 0.925 bits per heavy atom. The number of rotatable bonds is 11. The number of carbonyl (C=O) groups excluding carboxylic acids is 3. The second-order valence-corrected chi connectivity index (χ2v) is 8.93. The van der Waals surface area contributed by atoms with Gasteiger partial charge in [-0.25, -0.2) is 5.43 Å². The van der Waals surface area contributed by atoms with Crippen LogP contribution in [-0.4, -0.2) is 44.3 Å². The van der Waals surface area contributed by atoms with Crippen LogP contribution in [0, 0.1) is 6.92 Å². The van der Waals surface area contributed by atoms with Crippen molar-refractivity contribution in [1.29, 1.82) is 0 Å². The monoisotopic (exact) mass is 584 g/mol. The molecule has 0 heterocycles. The number of aryl methyl sites for hydroxylation is 1. The highest BCUT2D eigenvalue weighted by atomic mass is 35.5. The summed E-state index contributed by atoms with van der Waals surface area (Å²) in [5.41, 5.74) is 4.38. The highest BCUT2D eigenvalue weighted by molar-refractivity contribution is 6.39. The highest BCUT2D eigenvalue weighted by Crippen LogP contribution is 2.36.